The summed E-state index contributed by atoms with van der Waals surface area (Å²) in [4.78, 5) is 12.3. The van der Waals surface area contributed by atoms with Gasteiger partial charge in [-0.1, -0.05) is 56.3 Å². The van der Waals surface area contributed by atoms with Crippen LogP contribution in [0.3, 0.4) is 0 Å². The summed E-state index contributed by atoms with van der Waals surface area (Å²) in [6.45, 7) is 4.00. The number of benzene rings is 3. The molecule has 30 heavy (non-hydrogen) atoms. The highest BCUT2D eigenvalue weighted by atomic mass is 32.2. The lowest BCUT2D eigenvalue weighted by molar-refractivity contribution is 0.112. The van der Waals surface area contributed by atoms with E-state index >= 15 is 0 Å². The predicted octanol–water partition coefficient (Wildman–Crippen LogP) is 6.56. The van der Waals surface area contributed by atoms with E-state index in [4.69, 9.17) is 9.47 Å². The Morgan fingerprint density at radius 2 is 1.43 bits per heavy atom. The van der Waals surface area contributed by atoms with Gasteiger partial charge in [-0.25, -0.2) is 0 Å². The number of thioether (sulfide) groups is 1. The highest BCUT2D eigenvalue weighted by molar-refractivity contribution is 7.99. The maximum absolute atomic E-state index is 11.1. The van der Waals surface area contributed by atoms with E-state index in [2.05, 4.69) is 36.4 Å². The number of hydrogen-bond donors (Lipinski definition) is 0. The van der Waals surface area contributed by atoms with Gasteiger partial charge in [0.25, 0.3) is 0 Å². The highest BCUT2D eigenvalue weighted by Gasteiger charge is 2.32. The van der Waals surface area contributed by atoms with Gasteiger partial charge in [-0.3, -0.25) is 4.79 Å². The summed E-state index contributed by atoms with van der Waals surface area (Å²) in [5, 5.41) is 0. The fraction of sp³-hybridized carbons (Fsp3) is 0.269. The second-order valence-corrected chi connectivity index (χ2v) is 7.92. The van der Waals surface area contributed by atoms with Gasteiger partial charge in [-0.2, -0.15) is 0 Å². The molecule has 3 aromatic carbocycles. The summed E-state index contributed by atoms with van der Waals surface area (Å²) >= 11 is 1.87. The zero-order valence-electron chi connectivity index (χ0n) is 17.9. The van der Waals surface area contributed by atoms with E-state index in [1.54, 1.807) is 14.2 Å². The number of carbonyl (C=O) groups is 1. The molecule has 0 fully saturated rings. The molecule has 3 nitrogen and oxygen atoms in total. The zero-order valence-corrected chi connectivity index (χ0v) is 18.7. The van der Waals surface area contributed by atoms with Crippen molar-refractivity contribution in [2.24, 2.45) is 0 Å². The SMILES string of the molecule is CC.COc1ccc(C2CSc3cc(OC)ccc3C2c2ccc(C=O)cc2)cc1. The van der Waals surface area contributed by atoms with Crippen molar-refractivity contribution < 1.29 is 14.3 Å². The molecule has 0 saturated carbocycles. The maximum atomic E-state index is 11.1. The monoisotopic (exact) mass is 420 g/mol. The molecule has 0 aliphatic carbocycles. The first kappa shape index (κ1) is 22.0. The van der Waals surface area contributed by atoms with Crippen molar-refractivity contribution in [2.45, 2.75) is 30.6 Å². The van der Waals surface area contributed by atoms with Gasteiger partial charge in [0.05, 0.1) is 14.2 Å². The van der Waals surface area contributed by atoms with E-state index in [-0.39, 0.29) is 5.92 Å². The van der Waals surface area contributed by atoms with Crippen LogP contribution in [0.5, 0.6) is 11.5 Å². The molecule has 1 aliphatic rings. The molecule has 0 saturated heterocycles. The van der Waals surface area contributed by atoms with Crippen molar-refractivity contribution in [3.8, 4) is 11.5 Å². The Labute approximate surface area is 183 Å². The molecule has 0 radical (unpaired) electrons. The van der Waals surface area contributed by atoms with Crippen LogP contribution in [0.1, 0.15) is 52.7 Å². The van der Waals surface area contributed by atoms with Gasteiger partial charge in [0, 0.05) is 28.0 Å². The third-order valence-corrected chi connectivity index (χ3v) is 6.54. The third-order valence-electron chi connectivity index (χ3n) is 5.35. The van der Waals surface area contributed by atoms with Crippen LogP contribution in [0.25, 0.3) is 0 Å². The Balaban J connectivity index is 0.00000124. The van der Waals surface area contributed by atoms with E-state index in [0.717, 1.165) is 23.5 Å². The molecule has 0 spiro atoms. The van der Waals surface area contributed by atoms with Gasteiger partial charge in [0.15, 0.2) is 0 Å². The summed E-state index contributed by atoms with van der Waals surface area (Å²) in [6.07, 6.45) is 0.889. The molecule has 0 bridgehead atoms. The quantitative estimate of drug-likeness (QED) is 0.438. The van der Waals surface area contributed by atoms with Crippen LogP contribution in [-0.2, 0) is 0 Å². The van der Waals surface area contributed by atoms with Crippen LogP contribution in [0.15, 0.2) is 71.6 Å². The van der Waals surface area contributed by atoms with Crippen LogP contribution in [0, 0.1) is 0 Å². The molecule has 1 heterocycles. The maximum Gasteiger partial charge on any atom is 0.150 e. The topological polar surface area (TPSA) is 35.5 Å². The Morgan fingerprint density at radius 3 is 2.03 bits per heavy atom. The Bertz CT molecular complexity index is 965. The van der Waals surface area contributed by atoms with Gasteiger partial charge in [-0.15, -0.1) is 11.8 Å². The summed E-state index contributed by atoms with van der Waals surface area (Å²) in [7, 11) is 3.39. The van der Waals surface area contributed by atoms with Gasteiger partial charge in [-0.05, 0) is 41.0 Å². The zero-order chi connectivity index (χ0) is 21.5. The minimum absolute atomic E-state index is 0.219. The summed E-state index contributed by atoms with van der Waals surface area (Å²) in [6, 6.07) is 22.7. The van der Waals surface area contributed by atoms with Crippen LogP contribution < -0.4 is 9.47 Å². The number of aldehydes is 1. The summed E-state index contributed by atoms with van der Waals surface area (Å²) < 4.78 is 10.7. The minimum atomic E-state index is 0.219. The lowest BCUT2D eigenvalue weighted by Crippen LogP contribution is -2.20. The normalized spacial score (nSPS) is 17.2. The van der Waals surface area contributed by atoms with Crippen LogP contribution >= 0.6 is 11.8 Å². The highest BCUT2D eigenvalue weighted by Crippen LogP contribution is 2.49. The Hall–Kier alpha value is -2.72. The van der Waals surface area contributed by atoms with Crippen molar-refractivity contribution in [3.63, 3.8) is 0 Å². The van der Waals surface area contributed by atoms with Crippen molar-refractivity contribution in [3.05, 3.63) is 89.0 Å². The van der Waals surface area contributed by atoms with Crippen LogP contribution in [-0.4, -0.2) is 26.3 Å². The fourth-order valence-corrected chi connectivity index (χ4v) is 5.15. The first-order valence-electron chi connectivity index (χ1n) is 10.2. The van der Waals surface area contributed by atoms with Crippen molar-refractivity contribution in [1.82, 2.24) is 0 Å². The van der Waals surface area contributed by atoms with Gasteiger partial charge in [0.2, 0.25) is 0 Å². The van der Waals surface area contributed by atoms with Crippen LogP contribution in [0.2, 0.25) is 0 Å². The molecule has 0 N–H and O–H groups in total. The average molecular weight is 421 g/mol. The van der Waals surface area contributed by atoms with Crippen molar-refractivity contribution in [2.75, 3.05) is 20.0 Å². The number of fused-ring (bicyclic) bond motifs is 1. The summed E-state index contributed by atoms with van der Waals surface area (Å²) in [5.41, 5.74) is 4.51. The number of ether oxygens (including phenoxy) is 2. The molecule has 2 atom stereocenters. The largest absolute Gasteiger partial charge is 0.497 e. The molecular formula is C26H28O3S. The number of methoxy groups -OCH3 is 2. The molecule has 4 rings (SSSR count). The van der Waals surface area contributed by atoms with E-state index in [0.29, 0.717) is 11.5 Å². The lowest BCUT2D eigenvalue weighted by atomic mass is 9.77. The lowest BCUT2D eigenvalue weighted by Gasteiger charge is -2.34. The Morgan fingerprint density at radius 1 is 0.833 bits per heavy atom. The minimum Gasteiger partial charge on any atom is -0.497 e. The number of hydrogen-bond acceptors (Lipinski definition) is 4. The molecule has 3 aromatic rings. The first-order valence-corrected chi connectivity index (χ1v) is 11.2. The second-order valence-electron chi connectivity index (χ2n) is 6.86. The van der Waals surface area contributed by atoms with E-state index in [9.17, 15) is 4.79 Å². The fourth-order valence-electron chi connectivity index (χ4n) is 3.85. The van der Waals surface area contributed by atoms with Gasteiger partial charge in [0.1, 0.15) is 17.8 Å². The standard InChI is InChI=1S/C24H22O3S.C2H6/c1-26-19-9-7-17(8-10-19)22-15-28-23-13-20(27-2)11-12-21(23)24(22)18-5-3-16(14-25)4-6-18;1-2/h3-14,22,24H,15H2,1-2H3;1-2H3. The molecule has 4 heteroatoms. The predicted molar refractivity (Wildman–Crippen MR) is 124 cm³/mol. The van der Waals surface area contributed by atoms with Crippen molar-refractivity contribution >= 4 is 18.0 Å². The molecule has 2 unspecified atom stereocenters. The molecule has 0 amide bonds. The number of rotatable bonds is 5. The second kappa shape index (κ2) is 10.4. The van der Waals surface area contributed by atoms with E-state index in [1.807, 2.05) is 55.9 Å². The molecule has 0 aromatic heterocycles. The summed E-state index contributed by atoms with van der Waals surface area (Å²) in [5.74, 6) is 3.27. The van der Waals surface area contributed by atoms with Crippen molar-refractivity contribution in [1.29, 1.82) is 0 Å². The Kier molecular flexibility index (Phi) is 7.58. The van der Waals surface area contributed by atoms with Gasteiger partial charge < -0.3 is 9.47 Å². The smallest absolute Gasteiger partial charge is 0.150 e. The third kappa shape index (κ3) is 4.54. The van der Waals surface area contributed by atoms with Gasteiger partial charge >= 0.3 is 0 Å². The van der Waals surface area contributed by atoms with Crippen LogP contribution in [0.4, 0.5) is 0 Å². The molecule has 1 aliphatic heterocycles. The van der Waals surface area contributed by atoms with E-state index < -0.39 is 0 Å². The first-order chi connectivity index (χ1) is 14.7. The molecular weight excluding hydrogens is 392 g/mol. The average Bonchev–Trinajstić information content (AvgIpc) is 2.84. The van der Waals surface area contributed by atoms with E-state index in [1.165, 1.54) is 21.6 Å². The number of carbonyl (C=O) groups excluding carboxylic acids is 1. The molecule has 156 valence electrons.